The van der Waals surface area contributed by atoms with Crippen molar-refractivity contribution < 1.29 is 69.9 Å². The van der Waals surface area contributed by atoms with Gasteiger partial charge in [0.2, 0.25) is 0 Å². The highest BCUT2D eigenvalue weighted by Gasteiger charge is 2.23. The Kier molecular flexibility index (Phi) is 29.7. The molecule has 7 rings (SSSR count). The molecule has 0 bridgehead atoms. The first-order valence-corrected chi connectivity index (χ1v) is 26.5. The number of methoxy groups -OCH3 is 1. The molecular formula is C59H72N4O15S. The number of benzene rings is 4. The van der Waals surface area contributed by atoms with Crippen molar-refractivity contribution in [3.05, 3.63) is 156 Å². The lowest BCUT2D eigenvalue weighted by Crippen LogP contribution is -2.24. The number of furan rings is 1. The molecule has 424 valence electrons. The van der Waals surface area contributed by atoms with Crippen LogP contribution in [0.3, 0.4) is 0 Å². The largest absolute Gasteiger partial charge is 0.485 e. The quantitative estimate of drug-likeness (QED) is 0.0763. The normalized spacial score (nSPS) is 13.1. The Bertz CT molecular complexity index is 3050. The van der Waals surface area contributed by atoms with Gasteiger partial charge in [0.25, 0.3) is 17.7 Å². The Morgan fingerprint density at radius 2 is 1.22 bits per heavy atom. The van der Waals surface area contributed by atoms with Crippen molar-refractivity contribution in [2.24, 2.45) is 11.7 Å². The summed E-state index contributed by atoms with van der Waals surface area (Å²) in [7, 11) is 1.68. The van der Waals surface area contributed by atoms with Gasteiger partial charge in [-0.3, -0.25) is 38.4 Å². The molecule has 20 heteroatoms. The van der Waals surface area contributed by atoms with E-state index in [4.69, 9.17) is 28.9 Å². The Labute approximate surface area is 461 Å². The smallest absolute Gasteiger partial charge is 0.287 e. The van der Waals surface area contributed by atoms with Gasteiger partial charge in [0.05, 0.1) is 40.5 Å². The number of fused-ring (bicyclic) bond motifs is 1. The SMILES string of the molecule is C=C(C)CNC(=O)c1ccco1.CC(=O)COc1ccccc1C(=O)N(C)C.CC(=O)COc1ccccc1C(N)=O.CC(=O)CS(=O)(=O)c1ccccc1.CC(=O)Cc1noc2ccccc12.COC1CCC(C(C)=O)CC1. The summed E-state index contributed by atoms with van der Waals surface area (Å²) in [6, 6.07) is 32.2. The first-order valence-electron chi connectivity index (χ1n) is 24.9. The van der Waals surface area contributed by atoms with Crippen molar-refractivity contribution in [3.63, 3.8) is 0 Å². The third-order valence-corrected chi connectivity index (χ3v) is 12.6. The van der Waals surface area contributed by atoms with Crippen molar-refractivity contribution in [1.29, 1.82) is 0 Å². The summed E-state index contributed by atoms with van der Waals surface area (Å²) in [5.74, 6) is 0.0196. The summed E-state index contributed by atoms with van der Waals surface area (Å²) in [5, 5.41) is 7.42. The van der Waals surface area contributed by atoms with Crippen LogP contribution >= 0.6 is 0 Å². The molecule has 3 amide bonds. The van der Waals surface area contributed by atoms with Crippen molar-refractivity contribution in [3.8, 4) is 11.5 Å². The third-order valence-electron chi connectivity index (χ3n) is 10.8. The van der Waals surface area contributed by atoms with Gasteiger partial charge in [-0.05, 0) is 128 Å². The second kappa shape index (κ2) is 35.1. The molecule has 0 spiro atoms. The number of ether oxygens (including phenoxy) is 3. The average molecular weight is 1110 g/mol. The van der Waals surface area contributed by atoms with Crippen LogP contribution in [-0.2, 0) is 45.0 Å². The summed E-state index contributed by atoms with van der Waals surface area (Å²) < 4.78 is 48.4. The number of nitrogens with one attached hydrogen (secondary N) is 1. The van der Waals surface area contributed by atoms with Gasteiger partial charge < -0.3 is 39.1 Å². The molecule has 6 aromatic rings. The van der Waals surface area contributed by atoms with E-state index in [0.29, 0.717) is 53.6 Å². The fourth-order valence-electron chi connectivity index (χ4n) is 6.88. The van der Waals surface area contributed by atoms with Crippen LogP contribution in [0.4, 0.5) is 0 Å². The second-order valence-electron chi connectivity index (χ2n) is 18.3. The Morgan fingerprint density at radius 3 is 1.70 bits per heavy atom. The first-order chi connectivity index (χ1) is 37.4. The van der Waals surface area contributed by atoms with Crippen LogP contribution in [0, 0.1) is 5.92 Å². The number of hydrogen-bond donors (Lipinski definition) is 2. The second-order valence-corrected chi connectivity index (χ2v) is 20.2. The zero-order chi connectivity index (χ0) is 59.1. The minimum atomic E-state index is -3.41. The van der Waals surface area contributed by atoms with E-state index in [0.717, 1.165) is 47.9 Å². The highest BCUT2D eigenvalue weighted by molar-refractivity contribution is 7.92. The number of carbonyl (C=O) groups excluding carboxylic acids is 8. The summed E-state index contributed by atoms with van der Waals surface area (Å²) in [4.78, 5) is 89.5. The van der Waals surface area contributed by atoms with Crippen LogP contribution in [-0.4, -0.2) is 118 Å². The van der Waals surface area contributed by atoms with Gasteiger partial charge in [0.15, 0.2) is 32.7 Å². The fourth-order valence-corrected chi connectivity index (χ4v) is 8.15. The molecule has 4 aromatic carbocycles. The number of nitrogens with two attached hydrogens (primary N) is 1. The number of hydrogen-bond acceptors (Lipinski definition) is 16. The minimum absolute atomic E-state index is 0.0161. The molecule has 0 saturated heterocycles. The van der Waals surface area contributed by atoms with Crippen LogP contribution in [0.15, 0.2) is 148 Å². The molecule has 0 aliphatic heterocycles. The van der Waals surface area contributed by atoms with Gasteiger partial charge in [-0.1, -0.05) is 71.9 Å². The maximum absolute atomic E-state index is 11.8. The standard InChI is InChI=1S/C12H15NO3.C10H11NO3.C10H9NO2.C9H11NO2.C9H10O3S.C9H16O2/c1-9(14)8-16-11-7-5-4-6-10(11)12(15)13(2)3;1-7(12)6-14-9-5-3-2-4-8(9)10(11)13;1-7(12)6-9-8-4-2-3-5-10(8)13-11-9;1-7(2)6-10-9(11)8-4-3-5-12-8;1-8(10)7-13(11,12)9-5-3-2-4-6-9;1-7(10)8-3-5-9(11-2)6-4-8/h4-7H,8H2,1-3H3;2-5H,6H2,1H3,(H2,11,13);2-5H,6H2,1H3;3-5H,1,6H2,2H3,(H,10,11);2-6H,7H2,1H3;8-9H,3-6H2,1-2H3. The van der Waals surface area contributed by atoms with Crippen molar-refractivity contribution in [2.75, 3.05) is 46.7 Å². The van der Waals surface area contributed by atoms with Crippen LogP contribution in [0.2, 0.25) is 0 Å². The predicted molar refractivity (Wildman–Crippen MR) is 299 cm³/mol. The van der Waals surface area contributed by atoms with Crippen molar-refractivity contribution in [1.82, 2.24) is 15.4 Å². The summed E-state index contributed by atoms with van der Waals surface area (Å²) in [5.41, 5.74) is 8.24. The zero-order valence-electron chi connectivity index (χ0n) is 46.3. The van der Waals surface area contributed by atoms with Crippen LogP contribution in [0.5, 0.6) is 11.5 Å². The van der Waals surface area contributed by atoms with E-state index in [-0.39, 0.29) is 58.6 Å². The van der Waals surface area contributed by atoms with Gasteiger partial charge in [0, 0.05) is 39.1 Å². The van der Waals surface area contributed by atoms with E-state index in [1.54, 1.807) is 114 Å². The highest BCUT2D eigenvalue weighted by atomic mass is 32.2. The van der Waals surface area contributed by atoms with Crippen LogP contribution in [0.1, 0.15) is 104 Å². The van der Waals surface area contributed by atoms with Gasteiger partial charge in [-0.2, -0.15) is 0 Å². The van der Waals surface area contributed by atoms with Crippen molar-refractivity contribution >= 4 is 67.4 Å². The molecule has 19 nitrogen and oxygen atoms in total. The van der Waals surface area contributed by atoms with Gasteiger partial charge in [-0.25, -0.2) is 8.42 Å². The van der Waals surface area contributed by atoms with Gasteiger partial charge in [0.1, 0.15) is 47.8 Å². The van der Waals surface area contributed by atoms with E-state index in [1.165, 1.54) is 44.1 Å². The Balaban J connectivity index is 0.000000325. The molecule has 2 aromatic heterocycles. The average Bonchev–Trinajstić information content (AvgIpc) is 4.11. The number of ketones is 5. The maximum atomic E-state index is 11.8. The lowest BCUT2D eigenvalue weighted by atomic mass is 9.85. The number of aromatic nitrogens is 1. The number of Topliss-reactive ketones (excluding diaryl/α,β-unsaturated/α-hetero) is 5. The molecule has 2 heterocycles. The molecule has 79 heavy (non-hydrogen) atoms. The van der Waals surface area contributed by atoms with Crippen LogP contribution < -0.4 is 20.5 Å². The van der Waals surface area contributed by atoms with Gasteiger partial charge in [-0.15, -0.1) is 0 Å². The van der Waals surface area contributed by atoms with Crippen molar-refractivity contribution in [2.45, 2.75) is 84.6 Å². The number of sulfone groups is 1. The molecule has 0 unspecified atom stereocenters. The first kappa shape index (κ1) is 66.8. The fraction of sp³-hybridized carbons (Fsp3) is 0.339. The number of primary amides is 1. The number of nitrogens with zero attached hydrogens (tertiary/aromatic N) is 2. The third kappa shape index (κ3) is 26.0. The molecule has 1 aliphatic carbocycles. The number of para-hydroxylation sites is 3. The summed E-state index contributed by atoms with van der Waals surface area (Å²) in [6.45, 7) is 13.3. The topological polar surface area (TPSA) is 279 Å². The molecule has 3 N–H and O–H groups in total. The number of amides is 3. The number of carbonyl (C=O) groups is 8. The molecule has 0 atom stereocenters. The monoisotopic (exact) mass is 1110 g/mol. The zero-order valence-corrected chi connectivity index (χ0v) is 47.1. The molecule has 1 aliphatic rings. The lowest BCUT2D eigenvalue weighted by molar-refractivity contribution is -0.122. The molecular weight excluding hydrogens is 1040 g/mol. The molecule has 1 saturated carbocycles. The maximum Gasteiger partial charge on any atom is 0.287 e. The highest BCUT2D eigenvalue weighted by Crippen LogP contribution is 2.26. The van der Waals surface area contributed by atoms with E-state index >= 15 is 0 Å². The number of rotatable bonds is 18. The Hall–Kier alpha value is -8.36. The Morgan fingerprint density at radius 1 is 0.684 bits per heavy atom. The minimum Gasteiger partial charge on any atom is -0.485 e. The molecule has 1 fully saturated rings. The van der Waals surface area contributed by atoms with E-state index in [2.05, 4.69) is 17.1 Å². The van der Waals surface area contributed by atoms with E-state index in [1.807, 2.05) is 31.2 Å². The molecule has 0 radical (unpaired) electrons. The van der Waals surface area contributed by atoms with Gasteiger partial charge >= 0.3 is 0 Å². The predicted octanol–water partition coefficient (Wildman–Crippen LogP) is 8.48. The van der Waals surface area contributed by atoms with Crippen LogP contribution in [0.25, 0.3) is 11.0 Å². The summed E-state index contributed by atoms with van der Waals surface area (Å²) >= 11 is 0. The lowest BCUT2D eigenvalue weighted by Gasteiger charge is -2.25. The van der Waals surface area contributed by atoms with E-state index in [9.17, 15) is 46.8 Å². The summed E-state index contributed by atoms with van der Waals surface area (Å²) in [6.07, 6.45) is 6.38. The van der Waals surface area contributed by atoms with E-state index < -0.39 is 21.5 Å².